The van der Waals surface area contributed by atoms with Crippen LogP contribution in [0.15, 0.2) is 28.8 Å². The number of nitrogens with zero attached hydrogens (tertiary/aromatic N) is 2. The number of hydrogen-bond donors (Lipinski definition) is 2. The molecular formula is C9H10N4O. The molecule has 1 aromatic heterocycles. The third-order valence-electron chi connectivity index (χ3n) is 1.75. The summed E-state index contributed by atoms with van der Waals surface area (Å²) in [5, 5.41) is 6.57. The summed E-state index contributed by atoms with van der Waals surface area (Å²) in [6.07, 6.45) is 0. The van der Waals surface area contributed by atoms with E-state index in [2.05, 4.69) is 20.0 Å². The zero-order valence-electron chi connectivity index (χ0n) is 7.69. The van der Waals surface area contributed by atoms with Gasteiger partial charge in [0.25, 0.3) is 5.95 Å². The number of nitrogens with one attached hydrogen (secondary N) is 1. The highest BCUT2D eigenvalue weighted by atomic mass is 16.5. The molecule has 0 atom stereocenters. The molecule has 1 aromatic carbocycles. The van der Waals surface area contributed by atoms with E-state index < -0.39 is 0 Å². The van der Waals surface area contributed by atoms with Crippen molar-refractivity contribution in [2.45, 2.75) is 6.92 Å². The van der Waals surface area contributed by atoms with Crippen LogP contribution >= 0.6 is 0 Å². The van der Waals surface area contributed by atoms with E-state index in [1.54, 1.807) is 0 Å². The minimum Gasteiger partial charge on any atom is -0.351 e. The number of nitrogens with two attached hydrogens (primary N) is 1. The number of rotatable bonds is 2. The van der Waals surface area contributed by atoms with Crippen molar-refractivity contribution in [3.05, 3.63) is 29.8 Å². The number of anilines is 3. The Kier molecular flexibility index (Phi) is 2.06. The van der Waals surface area contributed by atoms with Crippen molar-refractivity contribution in [3.63, 3.8) is 0 Å². The molecule has 0 amide bonds. The molecule has 0 saturated heterocycles. The van der Waals surface area contributed by atoms with Gasteiger partial charge in [0.2, 0.25) is 0 Å². The van der Waals surface area contributed by atoms with Gasteiger partial charge in [-0.05, 0) is 24.2 Å². The monoisotopic (exact) mass is 190 g/mol. The van der Waals surface area contributed by atoms with Gasteiger partial charge in [-0.15, -0.1) is 0 Å². The summed E-state index contributed by atoms with van der Waals surface area (Å²) in [5.74, 6) is 0.367. The van der Waals surface area contributed by atoms with Gasteiger partial charge in [0.1, 0.15) is 0 Å². The van der Waals surface area contributed by atoms with E-state index >= 15 is 0 Å². The minimum atomic E-state index is 0.0552. The van der Waals surface area contributed by atoms with Crippen molar-refractivity contribution >= 4 is 17.7 Å². The third-order valence-corrected chi connectivity index (χ3v) is 1.75. The molecule has 2 rings (SSSR count). The molecule has 0 spiro atoms. The molecule has 0 aliphatic heterocycles. The number of benzene rings is 1. The van der Waals surface area contributed by atoms with Crippen LogP contribution in [0.3, 0.4) is 0 Å². The van der Waals surface area contributed by atoms with Crippen molar-refractivity contribution < 1.29 is 4.52 Å². The maximum atomic E-state index is 5.28. The average Bonchev–Trinajstić information content (AvgIpc) is 2.56. The van der Waals surface area contributed by atoms with Gasteiger partial charge in [0.15, 0.2) is 0 Å². The predicted molar refractivity (Wildman–Crippen MR) is 53.2 cm³/mol. The second kappa shape index (κ2) is 3.37. The molecule has 2 aromatic rings. The number of nitrogen functional groups attached to an aromatic ring is 1. The second-order valence-electron chi connectivity index (χ2n) is 2.95. The first kappa shape index (κ1) is 8.55. The van der Waals surface area contributed by atoms with Gasteiger partial charge in [-0.1, -0.05) is 17.7 Å². The summed E-state index contributed by atoms with van der Waals surface area (Å²) >= 11 is 0. The van der Waals surface area contributed by atoms with Crippen molar-refractivity contribution in [1.29, 1.82) is 0 Å². The summed E-state index contributed by atoms with van der Waals surface area (Å²) in [4.78, 5) is 3.82. The molecule has 72 valence electrons. The highest BCUT2D eigenvalue weighted by molar-refractivity contribution is 5.53. The lowest BCUT2D eigenvalue weighted by atomic mass is 10.2. The summed E-state index contributed by atoms with van der Waals surface area (Å²) < 4.78 is 4.61. The highest BCUT2D eigenvalue weighted by Crippen LogP contribution is 2.14. The van der Waals surface area contributed by atoms with Crippen LogP contribution in [0.4, 0.5) is 17.7 Å². The Balaban J connectivity index is 2.15. The van der Waals surface area contributed by atoms with Crippen molar-refractivity contribution in [2.24, 2.45) is 0 Å². The van der Waals surface area contributed by atoms with Crippen LogP contribution in [-0.4, -0.2) is 10.1 Å². The van der Waals surface area contributed by atoms with Crippen LogP contribution in [0.2, 0.25) is 0 Å². The van der Waals surface area contributed by atoms with Crippen molar-refractivity contribution in [2.75, 3.05) is 11.1 Å². The number of hydrogen-bond acceptors (Lipinski definition) is 5. The fraction of sp³-hybridized carbons (Fsp3) is 0.111. The molecule has 5 heteroatoms. The van der Waals surface area contributed by atoms with Crippen LogP contribution in [0, 0.1) is 6.92 Å². The Morgan fingerprint density at radius 1 is 1.29 bits per heavy atom. The van der Waals surface area contributed by atoms with E-state index in [0.29, 0.717) is 5.95 Å². The maximum Gasteiger partial charge on any atom is 0.320 e. The van der Waals surface area contributed by atoms with Gasteiger partial charge < -0.3 is 15.6 Å². The molecule has 0 unspecified atom stereocenters. The summed E-state index contributed by atoms with van der Waals surface area (Å²) in [7, 11) is 0. The average molecular weight is 190 g/mol. The van der Waals surface area contributed by atoms with Crippen LogP contribution in [0.1, 0.15) is 5.56 Å². The Morgan fingerprint density at radius 2 is 2.00 bits per heavy atom. The van der Waals surface area contributed by atoms with E-state index in [0.717, 1.165) is 5.69 Å². The number of aryl methyl sites for hydroxylation is 1. The maximum absolute atomic E-state index is 5.28. The lowest BCUT2D eigenvalue weighted by Crippen LogP contribution is -1.92. The van der Waals surface area contributed by atoms with Crippen LogP contribution < -0.4 is 11.1 Å². The highest BCUT2D eigenvalue weighted by Gasteiger charge is 2.01. The number of aromatic nitrogens is 2. The molecule has 14 heavy (non-hydrogen) atoms. The first-order chi connectivity index (χ1) is 6.74. The van der Waals surface area contributed by atoms with E-state index in [1.807, 2.05) is 31.2 Å². The molecular weight excluding hydrogens is 180 g/mol. The molecule has 0 bridgehead atoms. The fourth-order valence-corrected chi connectivity index (χ4v) is 1.05. The zero-order chi connectivity index (χ0) is 9.97. The SMILES string of the molecule is Cc1ccc(Nc2noc(N)n2)cc1. The lowest BCUT2D eigenvalue weighted by molar-refractivity contribution is 0.437. The first-order valence-electron chi connectivity index (χ1n) is 4.17. The van der Waals surface area contributed by atoms with Gasteiger partial charge >= 0.3 is 6.01 Å². The molecule has 0 aliphatic rings. The van der Waals surface area contributed by atoms with E-state index in [-0.39, 0.29) is 6.01 Å². The van der Waals surface area contributed by atoms with Crippen LogP contribution in [0.25, 0.3) is 0 Å². The van der Waals surface area contributed by atoms with E-state index in [1.165, 1.54) is 5.56 Å². The van der Waals surface area contributed by atoms with Gasteiger partial charge in [0.05, 0.1) is 0 Å². The first-order valence-corrected chi connectivity index (χ1v) is 4.17. The normalized spacial score (nSPS) is 10.1. The Bertz CT molecular complexity index is 421. The molecule has 3 N–H and O–H groups in total. The molecule has 0 aliphatic carbocycles. The molecule has 0 fully saturated rings. The summed E-state index contributed by atoms with van der Waals surface area (Å²) in [6, 6.07) is 7.90. The standard InChI is InChI=1S/C9H10N4O/c1-6-2-4-7(5-3-6)11-9-12-8(10)14-13-9/h2-5H,1H3,(H3,10,11,12,13). The van der Waals surface area contributed by atoms with E-state index in [4.69, 9.17) is 5.73 Å². The smallest absolute Gasteiger partial charge is 0.320 e. The Hall–Kier alpha value is -2.04. The van der Waals surface area contributed by atoms with Crippen molar-refractivity contribution in [1.82, 2.24) is 10.1 Å². The van der Waals surface area contributed by atoms with Gasteiger partial charge in [-0.3, -0.25) is 0 Å². The fourth-order valence-electron chi connectivity index (χ4n) is 1.05. The largest absolute Gasteiger partial charge is 0.351 e. The second-order valence-corrected chi connectivity index (χ2v) is 2.95. The Labute approximate surface area is 80.9 Å². The van der Waals surface area contributed by atoms with Gasteiger partial charge in [-0.2, -0.15) is 4.98 Å². The quantitative estimate of drug-likeness (QED) is 0.753. The minimum absolute atomic E-state index is 0.0552. The van der Waals surface area contributed by atoms with Crippen LogP contribution in [-0.2, 0) is 0 Å². The van der Waals surface area contributed by atoms with Gasteiger partial charge in [-0.25, -0.2) is 0 Å². The van der Waals surface area contributed by atoms with Gasteiger partial charge in [0, 0.05) is 5.69 Å². The molecule has 1 heterocycles. The topological polar surface area (TPSA) is 77.0 Å². The molecule has 5 nitrogen and oxygen atoms in total. The Morgan fingerprint density at radius 3 is 2.57 bits per heavy atom. The lowest BCUT2D eigenvalue weighted by Gasteiger charge is -2.00. The summed E-state index contributed by atoms with van der Waals surface area (Å²) in [5.41, 5.74) is 7.37. The molecule has 0 saturated carbocycles. The van der Waals surface area contributed by atoms with E-state index in [9.17, 15) is 0 Å². The predicted octanol–water partition coefficient (Wildman–Crippen LogP) is 1.70. The van der Waals surface area contributed by atoms with Crippen molar-refractivity contribution in [3.8, 4) is 0 Å². The zero-order valence-corrected chi connectivity index (χ0v) is 7.69. The summed E-state index contributed by atoms with van der Waals surface area (Å²) in [6.45, 7) is 2.02. The molecule has 0 radical (unpaired) electrons. The third kappa shape index (κ3) is 1.82. The van der Waals surface area contributed by atoms with Crippen LogP contribution in [0.5, 0.6) is 0 Å².